The van der Waals surface area contributed by atoms with Gasteiger partial charge in [-0.2, -0.15) is 0 Å². The number of amides is 1. The van der Waals surface area contributed by atoms with E-state index < -0.39 is 0 Å². The number of hydrogen-bond acceptors (Lipinski definition) is 4. The Morgan fingerprint density at radius 3 is 2.83 bits per heavy atom. The summed E-state index contributed by atoms with van der Waals surface area (Å²) in [4.78, 5) is 12.0. The second kappa shape index (κ2) is 8.53. The zero-order chi connectivity index (χ0) is 16.7. The summed E-state index contributed by atoms with van der Waals surface area (Å²) in [5, 5.41) is 11.5. The molecule has 1 atom stereocenters. The minimum atomic E-state index is -0.0561. The molecule has 0 unspecified atom stereocenters. The molecular formula is C17H22N4OS. The van der Waals surface area contributed by atoms with Crippen LogP contribution in [0.4, 0.5) is 5.69 Å². The van der Waals surface area contributed by atoms with Crippen molar-refractivity contribution in [3.8, 4) is 0 Å². The van der Waals surface area contributed by atoms with Gasteiger partial charge < -0.3 is 9.88 Å². The molecule has 0 radical (unpaired) electrons. The minimum Gasteiger partial charge on any atom is -0.325 e. The van der Waals surface area contributed by atoms with Crippen LogP contribution in [0.2, 0.25) is 0 Å². The van der Waals surface area contributed by atoms with Crippen molar-refractivity contribution in [2.24, 2.45) is 0 Å². The molecule has 0 saturated carbocycles. The highest BCUT2D eigenvalue weighted by Crippen LogP contribution is 2.21. The number of nitrogens with zero attached hydrogens (tertiary/aromatic N) is 3. The number of thioether (sulfide) groups is 1. The topological polar surface area (TPSA) is 59.8 Å². The lowest BCUT2D eigenvalue weighted by atomic mass is 9.99. The van der Waals surface area contributed by atoms with Gasteiger partial charge in [0.05, 0.1) is 5.75 Å². The molecule has 5 nitrogen and oxygen atoms in total. The van der Waals surface area contributed by atoms with E-state index in [1.54, 1.807) is 12.4 Å². The Morgan fingerprint density at radius 2 is 2.17 bits per heavy atom. The molecule has 1 aromatic carbocycles. The molecule has 2 aromatic rings. The van der Waals surface area contributed by atoms with Gasteiger partial charge in [-0.05, 0) is 30.0 Å². The molecule has 0 aliphatic rings. The highest BCUT2D eigenvalue weighted by molar-refractivity contribution is 7.99. The Bertz CT molecular complexity index is 651. The van der Waals surface area contributed by atoms with Gasteiger partial charge in [0.1, 0.15) is 6.33 Å². The predicted molar refractivity (Wildman–Crippen MR) is 94.7 cm³/mol. The van der Waals surface area contributed by atoms with Crippen LogP contribution in [0.3, 0.4) is 0 Å². The molecule has 0 bridgehead atoms. The van der Waals surface area contributed by atoms with Gasteiger partial charge in [0, 0.05) is 12.2 Å². The molecule has 6 heteroatoms. The molecule has 1 N–H and O–H groups in total. The van der Waals surface area contributed by atoms with Gasteiger partial charge in [0.2, 0.25) is 5.91 Å². The fourth-order valence-corrected chi connectivity index (χ4v) is 2.80. The summed E-state index contributed by atoms with van der Waals surface area (Å²) in [6.45, 7) is 8.69. The van der Waals surface area contributed by atoms with E-state index in [1.165, 1.54) is 17.3 Å². The third kappa shape index (κ3) is 4.96. The highest BCUT2D eigenvalue weighted by Gasteiger charge is 2.09. The lowest BCUT2D eigenvalue weighted by Gasteiger charge is -2.10. The molecule has 0 saturated heterocycles. The third-order valence-corrected chi connectivity index (χ3v) is 4.59. The van der Waals surface area contributed by atoms with E-state index in [9.17, 15) is 4.79 Å². The first-order valence-corrected chi connectivity index (χ1v) is 8.64. The first-order chi connectivity index (χ1) is 11.1. The second-order valence-corrected chi connectivity index (χ2v) is 6.27. The maximum Gasteiger partial charge on any atom is 0.234 e. The molecule has 2 rings (SSSR count). The molecule has 1 aromatic heterocycles. The number of nitrogens with one attached hydrogen (secondary N) is 1. The van der Waals surface area contributed by atoms with Crippen molar-refractivity contribution in [3.63, 3.8) is 0 Å². The average molecular weight is 330 g/mol. The lowest BCUT2D eigenvalue weighted by molar-refractivity contribution is -0.113. The monoisotopic (exact) mass is 330 g/mol. The van der Waals surface area contributed by atoms with E-state index in [4.69, 9.17) is 0 Å². The predicted octanol–water partition coefficient (Wildman–Crippen LogP) is 3.71. The first kappa shape index (κ1) is 17.3. The fraction of sp³-hybridized carbons (Fsp3) is 0.353. The van der Waals surface area contributed by atoms with Gasteiger partial charge in [0.25, 0.3) is 0 Å². The van der Waals surface area contributed by atoms with Gasteiger partial charge in [-0.15, -0.1) is 16.8 Å². The second-order valence-electron chi connectivity index (χ2n) is 5.32. The number of carbonyl (C=O) groups is 1. The summed E-state index contributed by atoms with van der Waals surface area (Å²) in [6.07, 6.45) is 4.51. The summed E-state index contributed by atoms with van der Waals surface area (Å²) in [6, 6.07) is 8.03. The largest absolute Gasteiger partial charge is 0.325 e. The molecule has 0 spiro atoms. The van der Waals surface area contributed by atoms with Crippen LogP contribution in [0.15, 0.2) is 48.4 Å². The summed E-state index contributed by atoms with van der Waals surface area (Å²) in [5.41, 5.74) is 2.10. The van der Waals surface area contributed by atoms with E-state index in [2.05, 4.69) is 48.1 Å². The van der Waals surface area contributed by atoms with Crippen molar-refractivity contribution in [2.75, 3.05) is 11.1 Å². The Hall–Kier alpha value is -2.08. The molecule has 122 valence electrons. The van der Waals surface area contributed by atoms with E-state index in [1.807, 2.05) is 16.7 Å². The zero-order valence-electron chi connectivity index (χ0n) is 13.5. The first-order valence-electron chi connectivity index (χ1n) is 7.65. The third-order valence-electron chi connectivity index (χ3n) is 3.61. The van der Waals surface area contributed by atoms with Crippen molar-refractivity contribution in [1.82, 2.24) is 14.8 Å². The summed E-state index contributed by atoms with van der Waals surface area (Å²) >= 11 is 1.36. The highest BCUT2D eigenvalue weighted by atomic mass is 32.2. The number of anilines is 1. The zero-order valence-corrected chi connectivity index (χ0v) is 14.3. The lowest BCUT2D eigenvalue weighted by Crippen LogP contribution is -2.14. The van der Waals surface area contributed by atoms with Gasteiger partial charge in [-0.25, -0.2) is 0 Å². The molecule has 23 heavy (non-hydrogen) atoms. The van der Waals surface area contributed by atoms with Crippen LogP contribution in [0.25, 0.3) is 0 Å². The van der Waals surface area contributed by atoms with Gasteiger partial charge in [0.15, 0.2) is 5.16 Å². The Morgan fingerprint density at radius 1 is 1.43 bits per heavy atom. The van der Waals surface area contributed by atoms with Crippen molar-refractivity contribution in [3.05, 3.63) is 48.8 Å². The van der Waals surface area contributed by atoms with Crippen LogP contribution >= 0.6 is 11.8 Å². The number of hydrogen-bond donors (Lipinski definition) is 1. The van der Waals surface area contributed by atoms with Gasteiger partial charge in [-0.3, -0.25) is 4.79 Å². The van der Waals surface area contributed by atoms with E-state index >= 15 is 0 Å². The van der Waals surface area contributed by atoms with Crippen LogP contribution in [0.1, 0.15) is 31.7 Å². The fourth-order valence-electron chi connectivity index (χ4n) is 2.08. The average Bonchev–Trinajstić information content (AvgIpc) is 3.00. The van der Waals surface area contributed by atoms with Crippen LogP contribution in [-0.2, 0) is 11.3 Å². The van der Waals surface area contributed by atoms with Gasteiger partial charge >= 0.3 is 0 Å². The minimum absolute atomic E-state index is 0.0561. The molecule has 1 heterocycles. The van der Waals surface area contributed by atoms with Crippen molar-refractivity contribution < 1.29 is 4.79 Å². The molecular weight excluding hydrogens is 308 g/mol. The molecule has 0 aliphatic heterocycles. The maximum absolute atomic E-state index is 12.0. The van der Waals surface area contributed by atoms with Crippen molar-refractivity contribution in [2.45, 2.75) is 37.9 Å². The number of benzene rings is 1. The van der Waals surface area contributed by atoms with Crippen molar-refractivity contribution >= 4 is 23.4 Å². The van der Waals surface area contributed by atoms with Crippen LogP contribution < -0.4 is 5.32 Å². The standard InChI is InChI=1S/C17H22N4OS/c1-4-10-21-12-18-20-17(21)23-11-16(22)19-15-8-6-14(7-9-15)13(3)5-2/h4,6-9,12-13H,1,5,10-11H2,2-3H3,(H,19,22)/t13-/m0/s1. The van der Waals surface area contributed by atoms with Crippen LogP contribution in [-0.4, -0.2) is 26.4 Å². The molecule has 1 amide bonds. The normalized spacial score (nSPS) is 11.9. The number of rotatable bonds is 8. The quantitative estimate of drug-likeness (QED) is 0.592. The summed E-state index contributed by atoms with van der Waals surface area (Å²) in [5.74, 6) is 0.772. The number of allylic oxidation sites excluding steroid dienone is 1. The summed E-state index contributed by atoms with van der Waals surface area (Å²) in [7, 11) is 0. The van der Waals surface area contributed by atoms with Crippen LogP contribution in [0, 0.1) is 0 Å². The SMILES string of the molecule is C=CCn1cnnc1SCC(=O)Nc1ccc([C@@H](C)CC)cc1. The Labute approximate surface area is 141 Å². The number of carbonyl (C=O) groups excluding carboxylic acids is 1. The summed E-state index contributed by atoms with van der Waals surface area (Å²) < 4.78 is 1.85. The maximum atomic E-state index is 12.0. The Balaban J connectivity index is 1.87. The van der Waals surface area contributed by atoms with Gasteiger partial charge in [-0.1, -0.05) is 43.8 Å². The molecule has 0 fully saturated rings. The smallest absolute Gasteiger partial charge is 0.234 e. The van der Waals surface area contributed by atoms with E-state index in [0.29, 0.717) is 23.4 Å². The van der Waals surface area contributed by atoms with E-state index in [-0.39, 0.29) is 5.91 Å². The van der Waals surface area contributed by atoms with Crippen molar-refractivity contribution in [1.29, 1.82) is 0 Å². The molecule has 0 aliphatic carbocycles. The van der Waals surface area contributed by atoms with E-state index in [0.717, 1.165) is 12.1 Å². The van der Waals surface area contributed by atoms with Crippen LogP contribution in [0.5, 0.6) is 0 Å². The number of aromatic nitrogens is 3. The Kier molecular flexibility index (Phi) is 6.40.